The number of methoxy groups -OCH3 is 1. The quantitative estimate of drug-likeness (QED) is 0.559. The highest BCUT2D eigenvalue weighted by Gasteiger charge is 2.02. The molecule has 0 unspecified atom stereocenters. The summed E-state index contributed by atoms with van der Waals surface area (Å²) in [4.78, 5) is 22.4. The third-order valence-electron chi connectivity index (χ3n) is 2.83. The van der Waals surface area contributed by atoms with Gasteiger partial charge in [-0.25, -0.2) is 0 Å². The van der Waals surface area contributed by atoms with Crippen molar-refractivity contribution in [1.82, 2.24) is 5.32 Å². The molecule has 0 aromatic carbocycles. The predicted octanol–water partition coefficient (Wildman–Crippen LogP) is 2.53. The van der Waals surface area contributed by atoms with Crippen LogP contribution in [0.5, 0.6) is 0 Å². The summed E-state index contributed by atoms with van der Waals surface area (Å²) in [7, 11) is 1.40. The van der Waals surface area contributed by atoms with Crippen LogP contribution in [0, 0.1) is 0 Å². The molecule has 1 aromatic heterocycles. The molecule has 1 aromatic rings. The normalized spacial score (nSPS) is 10.2. The molecule has 1 N–H and O–H groups in total. The molecule has 0 saturated carbocycles. The molecule has 0 bridgehead atoms. The zero-order chi connectivity index (χ0) is 13.9. The number of amides is 1. The number of rotatable bonds is 9. The van der Waals surface area contributed by atoms with Crippen LogP contribution < -0.4 is 5.32 Å². The van der Waals surface area contributed by atoms with E-state index in [-0.39, 0.29) is 11.9 Å². The Balaban J connectivity index is 1.94. The van der Waals surface area contributed by atoms with E-state index in [1.165, 1.54) is 12.7 Å². The van der Waals surface area contributed by atoms with Crippen LogP contribution in [0.3, 0.4) is 0 Å². The van der Waals surface area contributed by atoms with E-state index in [1.807, 2.05) is 11.4 Å². The van der Waals surface area contributed by atoms with Crippen molar-refractivity contribution in [3.8, 4) is 0 Å². The minimum atomic E-state index is -0.167. The fraction of sp³-hybridized carbons (Fsp3) is 0.571. The predicted molar refractivity (Wildman–Crippen MR) is 76.1 cm³/mol. The molecule has 4 nitrogen and oxygen atoms in total. The molecule has 0 radical (unpaired) electrons. The van der Waals surface area contributed by atoms with Crippen molar-refractivity contribution in [2.24, 2.45) is 0 Å². The summed E-state index contributed by atoms with van der Waals surface area (Å²) >= 11 is 1.65. The van der Waals surface area contributed by atoms with Crippen LogP contribution in [0.15, 0.2) is 16.8 Å². The Morgan fingerprint density at radius 1 is 1.26 bits per heavy atom. The molecule has 1 heterocycles. The molecule has 19 heavy (non-hydrogen) atoms. The molecule has 0 spiro atoms. The van der Waals surface area contributed by atoms with Crippen molar-refractivity contribution in [2.75, 3.05) is 13.7 Å². The largest absolute Gasteiger partial charge is 0.469 e. The summed E-state index contributed by atoms with van der Waals surface area (Å²) in [6, 6.07) is 2.05. The molecule has 1 rings (SSSR count). The standard InChI is InChI=1S/C14H21NO3S/c1-18-14(17)5-3-2-4-9-15-13(16)7-6-12-8-10-19-11-12/h8,10-11H,2-7,9H2,1H3,(H,15,16). The zero-order valence-corrected chi connectivity index (χ0v) is 12.1. The van der Waals surface area contributed by atoms with Gasteiger partial charge in [0.1, 0.15) is 0 Å². The molecule has 5 heteroatoms. The molecule has 0 saturated heterocycles. The molecule has 0 aliphatic heterocycles. The second kappa shape index (κ2) is 9.55. The lowest BCUT2D eigenvalue weighted by molar-refractivity contribution is -0.140. The van der Waals surface area contributed by atoms with E-state index in [9.17, 15) is 9.59 Å². The van der Waals surface area contributed by atoms with Crippen molar-refractivity contribution in [1.29, 1.82) is 0 Å². The number of nitrogens with one attached hydrogen (secondary N) is 1. The Hall–Kier alpha value is -1.36. The van der Waals surface area contributed by atoms with Crippen molar-refractivity contribution in [3.63, 3.8) is 0 Å². The average Bonchev–Trinajstić information content (AvgIpc) is 2.93. The van der Waals surface area contributed by atoms with Gasteiger partial charge in [-0.15, -0.1) is 0 Å². The maximum atomic E-state index is 11.5. The monoisotopic (exact) mass is 283 g/mol. The first-order valence-electron chi connectivity index (χ1n) is 6.57. The fourth-order valence-corrected chi connectivity index (χ4v) is 2.39. The van der Waals surface area contributed by atoms with Crippen LogP contribution in [0.1, 0.15) is 37.7 Å². The summed E-state index contributed by atoms with van der Waals surface area (Å²) < 4.78 is 4.55. The van der Waals surface area contributed by atoms with E-state index in [4.69, 9.17) is 0 Å². The summed E-state index contributed by atoms with van der Waals surface area (Å²) in [5.74, 6) is -0.0704. The van der Waals surface area contributed by atoms with E-state index in [0.717, 1.165) is 25.7 Å². The lowest BCUT2D eigenvalue weighted by Crippen LogP contribution is -2.24. The Bertz CT molecular complexity index is 376. The first-order chi connectivity index (χ1) is 9.22. The molecule has 0 fully saturated rings. The molecular formula is C14H21NO3S. The minimum absolute atomic E-state index is 0.0965. The summed E-state index contributed by atoms with van der Waals surface area (Å²) in [5, 5.41) is 6.99. The number of aryl methyl sites for hydroxylation is 1. The number of hydrogen-bond acceptors (Lipinski definition) is 4. The number of carbonyl (C=O) groups excluding carboxylic acids is 2. The van der Waals surface area contributed by atoms with Gasteiger partial charge in [-0.1, -0.05) is 6.42 Å². The van der Waals surface area contributed by atoms with E-state index < -0.39 is 0 Å². The van der Waals surface area contributed by atoms with E-state index in [1.54, 1.807) is 11.3 Å². The number of ether oxygens (including phenoxy) is 1. The first-order valence-corrected chi connectivity index (χ1v) is 7.51. The molecular weight excluding hydrogens is 262 g/mol. The number of thiophene rings is 1. The summed E-state index contributed by atoms with van der Waals surface area (Å²) in [5.41, 5.74) is 1.22. The topological polar surface area (TPSA) is 55.4 Å². The second-order valence-electron chi connectivity index (χ2n) is 4.37. The lowest BCUT2D eigenvalue weighted by Gasteiger charge is -2.04. The van der Waals surface area contributed by atoms with Gasteiger partial charge in [-0.2, -0.15) is 11.3 Å². The number of unbranched alkanes of at least 4 members (excludes halogenated alkanes) is 2. The number of esters is 1. The van der Waals surface area contributed by atoms with Crippen LogP contribution in [0.2, 0.25) is 0 Å². The summed E-state index contributed by atoms with van der Waals surface area (Å²) in [6.45, 7) is 0.684. The van der Waals surface area contributed by atoms with Crippen LogP contribution >= 0.6 is 11.3 Å². The SMILES string of the molecule is COC(=O)CCCCCNC(=O)CCc1ccsc1. The van der Waals surface area contributed by atoms with Gasteiger partial charge in [0, 0.05) is 19.4 Å². The fourth-order valence-electron chi connectivity index (χ4n) is 1.68. The van der Waals surface area contributed by atoms with Gasteiger partial charge in [0.05, 0.1) is 7.11 Å². The smallest absolute Gasteiger partial charge is 0.305 e. The van der Waals surface area contributed by atoms with Crippen molar-refractivity contribution in [3.05, 3.63) is 22.4 Å². The first kappa shape index (κ1) is 15.7. The molecule has 0 atom stereocenters. The average molecular weight is 283 g/mol. The lowest BCUT2D eigenvalue weighted by atomic mass is 10.1. The Labute approximate surface area is 118 Å². The second-order valence-corrected chi connectivity index (χ2v) is 5.15. The van der Waals surface area contributed by atoms with Crippen LogP contribution in [-0.2, 0) is 20.7 Å². The van der Waals surface area contributed by atoms with Gasteiger partial charge >= 0.3 is 5.97 Å². The highest BCUT2D eigenvalue weighted by Crippen LogP contribution is 2.08. The third-order valence-corrected chi connectivity index (χ3v) is 3.56. The van der Waals surface area contributed by atoms with E-state index in [0.29, 0.717) is 19.4 Å². The molecule has 106 valence electrons. The van der Waals surface area contributed by atoms with Crippen molar-refractivity contribution < 1.29 is 14.3 Å². The van der Waals surface area contributed by atoms with E-state index >= 15 is 0 Å². The van der Waals surface area contributed by atoms with Gasteiger partial charge in [0.15, 0.2) is 0 Å². The maximum Gasteiger partial charge on any atom is 0.305 e. The summed E-state index contributed by atoms with van der Waals surface area (Å²) in [6.07, 6.45) is 4.46. The Morgan fingerprint density at radius 2 is 2.11 bits per heavy atom. The van der Waals surface area contributed by atoms with Gasteiger partial charge in [0.2, 0.25) is 5.91 Å². The van der Waals surface area contributed by atoms with Crippen molar-refractivity contribution >= 4 is 23.2 Å². The highest BCUT2D eigenvalue weighted by atomic mass is 32.1. The molecule has 0 aliphatic carbocycles. The highest BCUT2D eigenvalue weighted by molar-refractivity contribution is 7.07. The van der Waals surface area contributed by atoms with E-state index in [2.05, 4.69) is 15.4 Å². The van der Waals surface area contributed by atoms with Gasteiger partial charge in [-0.3, -0.25) is 9.59 Å². The third kappa shape index (κ3) is 7.62. The molecule has 1 amide bonds. The van der Waals surface area contributed by atoms with Crippen LogP contribution in [0.25, 0.3) is 0 Å². The molecule has 0 aliphatic rings. The van der Waals surface area contributed by atoms with Crippen LogP contribution in [0.4, 0.5) is 0 Å². The number of hydrogen-bond donors (Lipinski definition) is 1. The number of carbonyl (C=O) groups is 2. The van der Waals surface area contributed by atoms with Gasteiger partial charge < -0.3 is 10.1 Å². The maximum absolute atomic E-state index is 11.5. The Morgan fingerprint density at radius 3 is 2.79 bits per heavy atom. The van der Waals surface area contributed by atoms with Gasteiger partial charge in [-0.05, 0) is 41.7 Å². The zero-order valence-electron chi connectivity index (χ0n) is 11.3. The van der Waals surface area contributed by atoms with Crippen molar-refractivity contribution in [2.45, 2.75) is 38.5 Å². The van der Waals surface area contributed by atoms with Crippen LogP contribution in [-0.4, -0.2) is 25.5 Å². The van der Waals surface area contributed by atoms with Gasteiger partial charge in [0.25, 0.3) is 0 Å². The minimum Gasteiger partial charge on any atom is -0.469 e. The Kier molecular flexibility index (Phi) is 7.89.